The summed E-state index contributed by atoms with van der Waals surface area (Å²) < 4.78 is 0. The van der Waals surface area contributed by atoms with Crippen molar-refractivity contribution in [3.63, 3.8) is 0 Å². The third-order valence-electron chi connectivity index (χ3n) is 3.59. The number of hydrogen-bond acceptors (Lipinski definition) is 5. The predicted molar refractivity (Wildman–Crippen MR) is 85.0 cm³/mol. The number of carbonyl (C=O) groups excluding carboxylic acids is 1. The Morgan fingerprint density at radius 3 is 1.91 bits per heavy atom. The van der Waals surface area contributed by atoms with Gasteiger partial charge in [0.05, 0.1) is 9.85 Å². The molecule has 1 aromatic carbocycles. The number of primary amides is 1. The van der Waals surface area contributed by atoms with Crippen molar-refractivity contribution in [1.29, 1.82) is 0 Å². The van der Waals surface area contributed by atoms with E-state index < -0.39 is 21.2 Å². The van der Waals surface area contributed by atoms with Crippen LogP contribution in [0.25, 0.3) is 0 Å². The molecule has 0 spiro atoms. The zero-order chi connectivity index (χ0) is 17.9. The molecule has 126 valence electrons. The van der Waals surface area contributed by atoms with Gasteiger partial charge in [0.15, 0.2) is 0 Å². The number of nitro groups is 2. The normalized spacial score (nSPS) is 11.5. The highest BCUT2D eigenvalue weighted by Crippen LogP contribution is 2.36. The molecule has 1 aromatic rings. The van der Waals surface area contributed by atoms with Gasteiger partial charge in [-0.1, -0.05) is 27.7 Å². The lowest BCUT2D eigenvalue weighted by molar-refractivity contribution is -0.395. The van der Waals surface area contributed by atoms with Crippen LogP contribution in [0.5, 0.6) is 0 Å². The van der Waals surface area contributed by atoms with Crippen molar-refractivity contribution in [2.45, 2.75) is 40.5 Å². The number of nitro benzene ring substituents is 2. The highest BCUT2D eigenvalue weighted by atomic mass is 16.6. The quantitative estimate of drug-likeness (QED) is 0.609. The molecular formula is C15H21N3O5. The van der Waals surface area contributed by atoms with Crippen LogP contribution in [0.2, 0.25) is 0 Å². The minimum Gasteiger partial charge on any atom is -0.369 e. The van der Waals surface area contributed by atoms with E-state index in [4.69, 9.17) is 5.73 Å². The molecule has 0 unspecified atom stereocenters. The smallest absolute Gasteiger partial charge is 0.279 e. The van der Waals surface area contributed by atoms with Crippen LogP contribution in [0.3, 0.4) is 0 Å². The van der Waals surface area contributed by atoms with E-state index in [2.05, 4.69) is 0 Å². The van der Waals surface area contributed by atoms with Gasteiger partial charge in [-0.15, -0.1) is 0 Å². The Labute approximate surface area is 134 Å². The average molecular weight is 323 g/mol. The Bertz CT molecular complexity index is 618. The van der Waals surface area contributed by atoms with Crippen LogP contribution in [0.1, 0.15) is 38.8 Å². The van der Waals surface area contributed by atoms with Gasteiger partial charge < -0.3 is 5.73 Å². The molecule has 0 fully saturated rings. The number of carbonyl (C=O) groups is 1. The van der Waals surface area contributed by atoms with Gasteiger partial charge in [0.1, 0.15) is 5.56 Å². The zero-order valence-corrected chi connectivity index (χ0v) is 13.7. The molecule has 0 aliphatic carbocycles. The average Bonchev–Trinajstić information content (AvgIpc) is 2.38. The van der Waals surface area contributed by atoms with Crippen molar-refractivity contribution in [3.05, 3.63) is 43.5 Å². The maximum Gasteiger partial charge on any atom is 0.279 e. The summed E-state index contributed by atoms with van der Waals surface area (Å²) in [5.74, 6) is -0.477. The minimum absolute atomic E-state index is 0.0729. The van der Waals surface area contributed by atoms with E-state index in [9.17, 15) is 25.0 Å². The number of rotatable bonds is 7. The van der Waals surface area contributed by atoms with Gasteiger partial charge in [0, 0.05) is 17.5 Å². The van der Waals surface area contributed by atoms with Gasteiger partial charge in [-0.3, -0.25) is 25.0 Å². The second-order valence-electron chi connectivity index (χ2n) is 6.65. The Morgan fingerprint density at radius 1 is 1.17 bits per heavy atom. The van der Waals surface area contributed by atoms with Crippen LogP contribution in [0, 0.1) is 31.6 Å². The molecule has 1 rings (SSSR count). The van der Waals surface area contributed by atoms with Crippen molar-refractivity contribution < 1.29 is 14.6 Å². The Balaban J connectivity index is 3.55. The van der Waals surface area contributed by atoms with Gasteiger partial charge in [-0.25, -0.2) is 0 Å². The van der Waals surface area contributed by atoms with Crippen molar-refractivity contribution in [3.8, 4) is 0 Å². The van der Waals surface area contributed by atoms with Gasteiger partial charge >= 0.3 is 0 Å². The molecule has 0 bridgehead atoms. The summed E-state index contributed by atoms with van der Waals surface area (Å²) in [5.41, 5.74) is 3.93. The molecule has 2 N–H and O–H groups in total. The molecule has 0 aliphatic rings. The van der Waals surface area contributed by atoms with E-state index in [0.29, 0.717) is 12.0 Å². The summed E-state index contributed by atoms with van der Waals surface area (Å²) in [5, 5.41) is 22.7. The van der Waals surface area contributed by atoms with Crippen LogP contribution < -0.4 is 5.73 Å². The first-order valence-electron chi connectivity index (χ1n) is 7.20. The number of amides is 1. The van der Waals surface area contributed by atoms with Crippen molar-refractivity contribution >= 4 is 17.3 Å². The minimum atomic E-state index is -1.13. The molecule has 0 saturated heterocycles. The molecule has 0 saturated carbocycles. The Hall–Kier alpha value is -2.51. The number of nitrogens with zero attached hydrogens (tertiary/aromatic N) is 2. The van der Waals surface area contributed by atoms with Crippen LogP contribution >= 0.6 is 0 Å². The SMILES string of the molecule is CC(C)Cc1cc([N+](=O)[O-])c(CC(C)(C)C(N)=O)c([N+](=O)[O-])c1. The second-order valence-corrected chi connectivity index (χ2v) is 6.65. The summed E-state index contributed by atoms with van der Waals surface area (Å²) in [7, 11) is 0. The zero-order valence-electron chi connectivity index (χ0n) is 13.7. The number of benzene rings is 1. The summed E-state index contributed by atoms with van der Waals surface area (Å²) in [6.45, 7) is 6.85. The third kappa shape index (κ3) is 4.48. The first-order valence-corrected chi connectivity index (χ1v) is 7.20. The van der Waals surface area contributed by atoms with Crippen molar-refractivity contribution in [2.75, 3.05) is 0 Å². The molecule has 0 aliphatic heterocycles. The molecule has 8 heteroatoms. The highest BCUT2D eigenvalue weighted by molar-refractivity contribution is 5.80. The molecule has 0 heterocycles. The number of nitrogens with two attached hydrogens (primary N) is 1. The van der Waals surface area contributed by atoms with Crippen LogP contribution in [-0.4, -0.2) is 15.8 Å². The summed E-state index contributed by atoms with van der Waals surface area (Å²) >= 11 is 0. The number of hydrogen-bond donors (Lipinski definition) is 1. The van der Waals surface area contributed by atoms with Crippen LogP contribution in [0.4, 0.5) is 11.4 Å². The molecule has 0 radical (unpaired) electrons. The van der Waals surface area contributed by atoms with Crippen molar-refractivity contribution in [1.82, 2.24) is 0 Å². The standard InChI is InChI=1S/C15H21N3O5/c1-9(2)5-10-6-12(17(20)21)11(13(7-10)18(22)23)8-15(3,4)14(16)19/h6-7,9H,5,8H2,1-4H3,(H2,16,19). The van der Waals surface area contributed by atoms with Gasteiger partial charge in [0.2, 0.25) is 5.91 Å². The summed E-state index contributed by atoms with van der Waals surface area (Å²) in [4.78, 5) is 32.9. The predicted octanol–water partition coefficient (Wildman–Crippen LogP) is 2.76. The van der Waals surface area contributed by atoms with Crippen LogP contribution in [0.15, 0.2) is 12.1 Å². The van der Waals surface area contributed by atoms with E-state index in [1.165, 1.54) is 26.0 Å². The summed E-state index contributed by atoms with van der Waals surface area (Å²) in [6, 6.07) is 2.69. The molecule has 8 nitrogen and oxygen atoms in total. The molecule has 1 amide bonds. The topological polar surface area (TPSA) is 129 Å². The molecule has 23 heavy (non-hydrogen) atoms. The van der Waals surface area contributed by atoms with Gasteiger partial charge in [-0.2, -0.15) is 0 Å². The fourth-order valence-electron chi connectivity index (χ4n) is 2.32. The van der Waals surface area contributed by atoms with E-state index >= 15 is 0 Å². The van der Waals surface area contributed by atoms with Gasteiger partial charge in [0.25, 0.3) is 11.4 Å². The third-order valence-corrected chi connectivity index (χ3v) is 3.59. The summed E-state index contributed by atoms with van der Waals surface area (Å²) in [6.07, 6.45) is 0.318. The Kier molecular flexibility index (Phi) is 5.42. The van der Waals surface area contributed by atoms with Gasteiger partial charge in [-0.05, 0) is 24.3 Å². The van der Waals surface area contributed by atoms with E-state index in [-0.39, 0.29) is 29.3 Å². The molecule has 0 atom stereocenters. The first kappa shape index (κ1) is 18.5. The molecular weight excluding hydrogens is 302 g/mol. The molecule has 0 aromatic heterocycles. The lowest BCUT2D eigenvalue weighted by Gasteiger charge is -2.20. The fourth-order valence-corrected chi connectivity index (χ4v) is 2.32. The fraction of sp³-hybridized carbons (Fsp3) is 0.533. The first-order chi connectivity index (χ1) is 10.5. The van der Waals surface area contributed by atoms with E-state index in [1.54, 1.807) is 0 Å². The lowest BCUT2D eigenvalue weighted by atomic mass is 9.83. The van der Waals surface area contributed by atoms with E-state index in [0.717, 1.165) is 0 Å². The van der Waals surface area contributed by atoms with Crippen LogP contribution in [-0.2, 0) is 17.6 Å². The maximum absolute atomic E-state index is 11.5. The Morgan fingerprint density at radius 2 is 1.61 bits per heavy atom. The lowest BCUT2D eigenvalue weighted by Crippen LogP contribution is -2.33. The second kappa shape index (κ2) is 6.72. The monoisotopic (exact) mass is 323 g/mol. The maximum atomic E-state index is 11.5. The largest absolute Gasteiger partial charge is 0.369 e. The van der Waals surface area contributed by atoms with E-state index in [1.807, 2.05) is 13.8 Å². The van der Waals surface area contributed by atoms with Crippen molar-refractivity contribution in [2.24, 2.45) is 17.1 Å². The highest BCUT2D eigenvalue weighted by Gasteiger charge is 2.34.